The number of aromatic carboxylic acids is 1. The number of carboxylic acids is 1. The summed E-state index contributed by atoms with van der Waals surface area (Å²) >= 11 is 0.858. The Morgan fingerprint density at radius 1 is 1.33 bits per heavy atom. The molecule has 112 valence electrons. The number of hydrogen-bond acceptors (Lipinski definition) is 4. The molecule has 1 heterocycles. The van der Waals surface area contributed by atoms with Gasteiger partial charge < -0.3 is 5.11 Å². The molecule has 0 radical (unpaired) electrons. The number of thiophene rings is 1. The van der Waals surface area contributed by atoms with Crippen molar-refractivity contribution in [1.29, 1.82) is 0 Å². The van der Waals surface area contributed by atoms with E-state index in [2.05, 4.69) is 4.72 Å². The number of nitrogens with one attached hydrogen (secondary N) is 1. The first-order valence-electron chi connectivity index (χ1n) is 5.85. The first-order chi connectivity index (χ1) is 9.77. The molecular weight excluding hydrogens is 317 g/mol. The predicted octanol–water partition coefficient (Wildman–Crippen LogP) is 2.84. The number of aryl methyl sites for hydroxylation is 1. The van der Waals surface area contributed by atoms with E-state index < -0.39 is 21.8 Å². The SMILES string of the molecule is Cc1cc(NS(=O)(=O)Cc2ccc(F)cc2)sc1C(=O)O. The summed E-state index contributed by atoms with van der Waals surface area (Å²) in [4.78, 5) is 11.0. The summed E-state index contributed by atoms with van der Waals surface area (Å²) in [6, 6.07) is 6.61. The van der Waals surface area contributed by atoms with Gasteiger partial charge in [0.05, 0.1) is 5.75 Å². The highest BCUT2D eigenvalue weighted by Crippen LogP contribution is 2.27. The van der Waals surface area contributed by atoms with E-state index in [1.165, 1.54) is 30.3 Å². The van der Waals surface area contributed by atoms with Crippen LogP contribution in [0, 0.1) is 12.7 Å². The quantitative estimate of drug-likeness (QED) is 0.883. The van der Waals surface area contributed by atoms with E-state index >= 15 is 0 Å². The lowest BCUT2D eigenvalue weighted by Gasteiger charge is -2.05. The molecule has 0 unspecified atom stereocenters. The van der Waals surface area contributed by atoms with Crippen LogP contribution in [0.2, 0.25) is 0 Å². The fourth-order valence-corrected chi connectivity index (χ4v) is 4.11. The second-order valence-electron chi connectivity index (χ2n) is 4.42. The van der Waals surface area contributed by atoms with Crippen molar-refractivity contribution >= 4 is 32.3 Å². The summed E-state index contributed by atoms with van der Waals surface area (Å²) in [5, 5.41) is 9.18. The lowest BCUT2D eigenvalue weighted by molar-refractivity contribution is 0.0701. The molecule has 0 atom stereocenters. The van der Waals surface area contributed by atoms with Crippen molar-refractivity contribution in [3.8, 4) is 0 Å². The van der Waals surface area contributed by atoms with Gasteiger partial charge in [0.15, 0.2) is 0 Å². The third-order valence-corrected chi connectivity index (χ3v) is 5.15. The molecule has 2 aromatic rings. The van der Waals surface area contributed by atoms with Crippen molar-refractivity contribution in [3.63, 3.8) is 0 Å². The zero-order valence-corrected chi connectivity index (χ0v) is 12.6. The average Bonchev–Trinajstić information content (AvgIpc) is 2.72. The maximum Gasteiger partial charge on any atom is 0.346 e. The minimum Gasteiger partial charge on any atom is -0.477 e. The van der Waals surface area contributed by atoms with E-state index in [-0.39, 0.29) is 15.6 Å². The lowest BCUT2D eigenvalue weighted by atomic mass is 10.2. The molecule has 0 fully saturated rings. The standard InChI is InChI=1S/C13H12FNO4S2/c1-8-6-11(20-12(8)13(16)17)15-21(18,19)7-9-2-4-10(14)5-3-9/h2-6,15H,7H2,1H3,(H,16,17). The van der Waals surface area contributed by atoms with Gasteiger partial charge in [-0.15, -0.1) is 11.3 Å². The number of anilines is 1. The van der Waals surface area contributed by atoms with Crippen molar-refractivity contribution in [2.45, 2.75) is 12.7 Å². The van der Waals surface area contributed by atoms with Gasteiger partial charge in [-0.2, -0.15) is 0 Å². The van der Waals surface area contributed by atoms with Crippen molar-refractivity contribution in [3.05, 3.63) is 52.2 Å². The monoisotopic (exact) mass is 329 g/mol. The van der Waals surface area contributed by atoms with Crippen molar-refractivity contribution in [1.82, 2.24) is 0 Å². The van der Waals surface area contributed by atoms with Gasteiger partial charge in [-0.25, -0.2) is 17.6 Å². The molecule has 2 N–H and O–H groups in total. The van der Waals surface area contributed by atoms with Gasteiger partial charge in [-0.1, -0.05) is 12.1 Å². The molecule has 0 saturated heterocycles. The van der Waals surface area contributed by atoms with Crippen LogP contribution in [0.3, 0.4) is 0 Å². The average molecular weight is 329 g/mol. The van der Waals surface area contributed by atoms with Gasteiger partial charge in [0.25, 0.3) is 0 Å². The summed E-state index contributed by atoms with van der Waals surface area (Å²) in [6.07, 6.45) is 0. The van der Waals surface area contributed by atoms with Gasteiger partial charge in [0, 0.05) is 0 Å². The molecule has 2 rings (SSSR count). The highest BCUT2D eigenvalue weighted by molar-refractivity contribution is 7.92. The lowest BCUT2D eigenvalue weighted by Crippen LogP contribution is -2.14. The Hall–Kier alpha value is -1.93. The number of carboxylic acid groups (broad SMARTS) is 1. The second kappa shape index (κ2) is 5.82. The number of carbonyl (C=O) groups is 1. The van der Waals surface area contributed by atoms with Crippen LogP contribution >= 0.6 is 11.3 Å². The molecule has 0 aliphatic carbocycles. The van der Waals surface area contributed by atoms with Gasteiger partial charge in [-0.05, 0) is 36.2 Å². The Labute approximate surface area is 125 Å². The zero-order valence-electron chi connectivity index (χ0n) is 11.0. The summed E-state index contributed by atoms with van der Waals surface area (Å²) in [5.74, 6) is -1.85. The topological polar surface area (TPSA) is 83.5 Å². The van der Waals surface area contributed by atoms with E-state index in [1.54, 1.807) is 6.92 Å². The van der Waals surface area contributed by atoms with E-state index in [0.717, 1.165) is 11.3 Å². The van der Waals surface area contributed by atoms with Crippen LogP contribution in [0.4, 0.5) is 9.39 Å². The van der Waals surface area contributed by atoms with Crippen LogP contribution < -0.4 is 4.72 Å². The van der Waals surface area contributed by atoms with Gasteiger partial charge in [0.1, 0.15) is 15.7 Å². The fraction of sp³-hybridized carbons (Fsp3) is 0.154. The van der Waals surface area contributed by atoms with Gasteiger partial charge in [-0.3, -0.25) is 4.72 Å². The number of sulfonamides is 1. The van der Waals surface area contributed by atoms with Crippen LogP contribution in [0.15, 0.2) is 30.3 Å². The highest BCUT2D eigenvalue weighted by atomic mass is 32.2. The maximum absolute atomic E-state index is 12.8. The molecule has 0 spiro atoms. The normalized spacial score (nSPS) is 11.3. The minimum atomic E-state index is -3.68. The van der Waals surface area contributed by atoms with Crippen molar-refractivity contribution in [2.24, 2.45) is 0 Å². The van der Waals surface area contributed by atoms with Gasteiger partial charge in [0.2, 0.25) is 10.0 Å². The fourth-order valence-electron chi connectivity index (χ4n) is 1.73. The van der Waals surface area contributed by atoms with E-state index in [1.807, 2.05) is 0 Å². The molecule has 21 heavy (non-hydrogen) atoms. The second-order valence-corrected chi connectivity index (χ2v) is 7.19. The number of halogens is 1. The summed E-state index contributed by atoms with van der Waals surface area (Å²) in [6.45, 7) is 1.59. The zero-order chi connectivity index (χ0) is 15.6. The smallest absolute Gasteiger partial charge is 0.346 e. The van der Waals surface area contributed by atoms with Crippen LogP contribution in [0.25, 0.3) is 0 Å². The Kier molecular flexibility index (Phi) is 4.29. The third-order valence-electron chi connectivity index (χ3n) is 2.64. The molecule has 1 aromatic heterocycles. The molecule has 0 amide bonds. The number of benzene rings is 1. The molecule has 0 saturated carbocycles. The van der Waals surface area contributed by atoms with Crippen LogP contribution in [-0.4, -0.2) is 19.5 Å². The number of rotatable bonds is 5. The van der Waals surface area contributed by atoms with E-state index in [9.17, 15) is 17.6 Å². The molecule has 0 aliphatic heterocycles. The molecular formula is C13H12FNO4S2. The number of hydrogen-bond donors (Lipinski definition) is 2. The minimum absolute atomic E-state index is 0.0921. The van der Waals surface area contributed by atoms with Crippen LogP contribution in [0.1, 0.15) is 20.8 Å². The molecule has 8 heteroatoms. The van der Waals surface area contributed by atoms with Crippen molar-refractivity contribution < 1.29 is 22.7 Å². The Balaban J connectivity index is 2.16. The molecule has 0 bridgehead atoms. The Morgan fingerprint density at radius 3 is 2.48 bits per heavy atom. The Morgan fingerprint density at radius 2 is 1.95 bits per heavy atom. The summed E-state index contributed by atoms with van der Waals surface area (Å²) in [7, 11) is -3.68. The highest BCUT2D eigenvalue weighted by Gasteiger charge is 2.17. The first kappa shape index (κ1) is 15.5. The third kappa shape index (κ3) is 4.02. The molecule has 5 nitrogen and oxygen atoms in total. The van der Waals surface area contributed by atoms with E-state index in [4.69, 9.17) is 5.11 Å². The van der Waals surface area contributed by atoms with Gasteiger partial charge >= 0.3 is 5.97 Å². The van der Waals surface area contributed by atoms with Crippen molar-refractivity contribution in [2.75, 3.05) is 4.72 Å². The van der Waals surface area contributed by atoms with Crippen LogP contribution in [-0.2, 0) is 15.8 Å². The first-order valence-corrected chi connectivity index (χ1v) is 8.32. The maximum atomic E-state index is 12.8. The molecule has 1 aromatic carbocycles. The summed E-state index contributed by atoms with van der Waals surface area (Å²) in [5.41, 5.74) is 0.933. The van der Waals surface area contributed by atoms with Crippen LogP contribution in [0.5, 0.6) is 0 Å². The molecule has 0 aliphatic rings. The summed E-state index contributed by atoms with van der Waals surface area (Å²) < 4.78 is 39.1. The Bertz CT molecular complexity index is 766. The predicted molar refractivity (Wildman–Crippen MR) is 78.7 cm³/mol. The largest absolute Gasteiger partial charge is 0.477 e. The van der Waals surface area contributed by atoms with E-state index in [0.29, 0.717) is 11.1 Å².